The largest absolute Gasteiger partial charge is 0.493 e. The molecule has 1 aromatic heterocycles. The van der Waals surface area contributed by atoms with E-state index in [-0.39, 0.29) is 42.6 Å². The molecule has 1 fully saturated rings. The summed E-state index contributed by atoms with van der Waals surface area (Å²) in [6.07, 6.45) is 3.29. The summed E-state index contributed by atoms with van der Waals surface area (Å²) in [5, 5.41) is 20.5. The van der Waals surface area contributed by atoms with E-state index >= 15 is 0 Å². The predicted molar refractivity (Wildman–Crippen MR) is 156 cm³/mol. The fourth-order valence-electron chi connectivity index (χ4n) is 4.43. The van der Waals surface area contributed by atoms with Gasteiger partial charge >= 0.3 is 0 Å². The Morgan fingerprint density at radius 1 is 1.02 bits per heavy atom. The molecule has 1 aliphatic rings. The summed E-state index contributed by atoms with van der Waals surface area (Å²) < 4.78 is 45.9. The standard InChI is InChI=1S/C28H28N6O7S/c1-39-25-11-8-20(16-26(25)40-2)28-21(19-33(31-28)22-6-4-3-5-7-22)18-29-30-24-10-9-23(34(35)36)17-27(24)42(37,38)32-12-14-41-15-13-32/h3-11,16-19,30H,12-15H2,1-2H3. The molecule has 0 unspecified atom stereocenters. The molecule has 1 saturated heterocycles. The molecular weight excluding hydrogens is 564 g/mol. The van der Waals surface area contributed by atoms with Crippen LogP contribution in [0.4, 0.5) is 11.4 Å². The second-order valence-electron chi connectivity index (χ2n) is 9.11. The number of nitrogens with one attached hydrogen (secondary N) is 1. The zero-order valence-electron chi connectivity index (χ0n) is 22.8. The van der Waals surface area contributed by atoms with E-state index in [1.807, 2.05) is 36.4 Å². The third-order valence-corrected chi connectivity index (χ3v) is 8.51. The topological polar surface area (TPSA) is 150 Å². The molecule has 42 heavy (non-hydrogen) atoms. The number of rotatable bonds is 10. The van der Waals surface area contributed by atoms with E-state index in [0.29, 0.717) is 22.8 Å². The molecule has 218 valence electrons. The van der Waals surface area contributed by atoms with Crippen molar-refractivity contribution in [2.24, 2.45) is 5.10 Å². The van der Waals surface area contributed by atoms with Crippen molar-refractivity contribution in [1.82, 2.24) is 14.1 Å². The van der Waals surface area contributed by atoms with Crippen molar-refractivity contribution in [2.45, 2.75) is 4.90 Å². The Kier molecular flexibility index (Phi) is 8.47. The van der Waals surface area contributed by atoms with Gasteiger partial charge < -0.3 is 14.2 Å². The van der Waals surface area contributed by atoms with Gasteiger partial charge in [-0.05, 0) is 36.4 Å². The van der Waals surface area contributed by atoms with Crippen LogP contribution in [0.2, 0.25) is 0 Å². The quantitative estimate of drug-likeness (QED) is 0.164. The average molecular weight is 593 g/mol. The van der Waals surface area contributed by atoms with E-state index in [1.54, 1.807) is 37.2 Å². The number of non-ortho nitro benzene ring substituents is 1. The molecule has 0 amide bonds. The van der Waals surface area contributed by atoms with Crippen molar-refractivity contribution >= 4 is 27.6 Å². The number of hydrogen-bond donors (Lipinski definition) is 1. The molecule has 5 rings (SSSR count). The fraction of sp³-hybridized carbons (Fsp3) is 0.214. The van der Waals surface area contributed by atoms with Crippen LogP contribution in [0, 0.1) is 10.1 Å². The first-order valence-electron chi connectivity index (χ1n) is 12.8. The van der Waals surface area contributed by atoms with E-state index in [4.69, 9.17) is 19.3 Å². The summed E-state index contributed by atoms with van der Waals surface area (Å²) in [5.41, 5.74) is 5.25. The maximum absolute atomic E-state index is 13.4. The van der Waals surface area contributed by atoms with Gasteiger partial charge in [-0.3, -0.25) is 15.5 Å². The zero-order chi connectivity index (χ0) is 29.7. The number of sulfonamides is 1. The molecule has 1 aliphatic heterocycles. The molecule has 2 heterocycles. The molecule has 0 saturated carbocycles. The van der Waals surface area contributed by atoms with Crippen LogP contribution >= 0.6 is 0 Å². The van der Waals surface area contributed by atoms with Crippen molar-refractivity contribution < 1.29 is 27.6 Å². The Morgan fingerprint density at radius 2 is 1.76 bits per heavy atom. The second-order valence-corrected chi connectivity index (χ2v) is 11.0. The SMILES string of the molecule is COc1ccc(-c2nn(-c3ccccc3)cc2C=NNc2ccc([N+](=O)[O-])cc2S(=O)(=O)N2CCOCC2)cc1OC. The first kappa shape index (κ1) is 28.7. The average Bonchev–Trinajstić information content (AvgIpc) is 3.45. The fourth-order valence-corrected chi connectivity index (χ4v) is 6.00. The maximum Gasteiger partial charge on any atom is 0.270 e. The third-order valence-electron chi connectivity index (χ3n) is 6.57. The molecule has 14 heteroatoms. The van der Waals surface area contributed by atoms with Gasteiger partial charge in [-0.1, -0.05) is 18.2 Å². The highest BCUT2D eigenvalue weighted by Crippen LogP contribution is 2.33. The summed E-state index contributed by atoms with van der Waals surface area (Å²) >= 11 is 0. The van der Waals surface area contributed by atoms with Crippen LogP contribution in [-0.2, 0) is 14.8 Å². The van der Waals surface area contributed by atoms with Crippen LogP contribution in [0.3, 0.4) is 0 Å². The molecule has 0 aliphatic carbocycles. The number of hydrazone groups is 1. The molecule has 13 nitrogen and oxygen atoms in total. The van der Waals surface area contributed by atoms with Crippen LogP contribution in [0.1, 0.15) is 5.56 Å². The third kappa shape index (κ3) is 5.95. The highest BCUT2D eigenvalue weighted by Gasteiger charge is 2.30. The van der Waals surface area contributed by atoms with Crippen molar-refractivity contribution in [1.29, 1.82) is 0 Å². The summed E-state index contributed by atoms with van der Waals surface area (Å²) in [5.74, 6) is 1.09. The summed E-state index contributed by atoms with van der Waals surface area (Å²) in [7, 11) is -0.973. The molecule has 3 aromatic carbocycles. The number of morpholine rings is 1. The van der Waals surface area contributed by atoms with Crippen molar-refractivity contribution in [3.63, 3.8) is 0 Å². The van der Waals surface area contributed by atoms with E-state index in [0.717, 1.165) is 17.3 Å². The van der Waals surface area contributed by atoms with Crippen molar-refractivity contribution in [3.8, 4) is 28.4 Å². The van der Waals surface area contributed by atoms with Crippen LogP contribution < -0.4 is 14.9 Å². The number of aromatic nitrogens is 2. The number of para-hydroxylation sites is 1. The second kappa shape index (κ2) is 12.4. The first-order valence-corrected chi connectivity index (χ1v) is 14.3. The lowest BCUT2D eigenvalue weighted by Gasteiger charge is -2.26. The van der Waals surface area contributed by atoms with Gasteiger partial charge in [-0.2, -0.15) is 14.5 Å². The van der Waals surface area contributed by atoms with Gasteiger partial charge in [0.05, 0.1) is 49.9 Å². The molecule has 4 aromatic rings. The van der Waals surface area contributed by atoms with E-state index in [9.17, 15) is 18.5 Å². The Morgan fingerprint density at radius 3 is 2.45 bits per heavy atom. The summed E-state index contributed by atoms with van der Waals surface area (Å²) in [4.78, 5) is 10.6. The normalized spacial score (nSPS) is 14.1. The van der Waals surface area contributed by atoms with Gasteiger partial charge in [0.1, 0.15) is 10.6 Å². The van der Waals surface area contributed by atoms with Gasteiger partial charge in [-0.25, -0.2) is 13.1 Å². The monoisotopic (exact) mass is 592 g/mol. The van der Waals surface area contributed by atoms with Crippen molar-refractivity contribution in [3.05, 3.63) is 88.6 Å². The van der Waals surface area contributed by atoms with Crippen LogP contribution in [0.25, 0.3) is 16.9 Å². The Hall–Kier alpha value is -4.79. The molecule has 0 bridgehead atoms. The minimum Gasteiger partial charge on any atom is -0.493 e. The smallest absolute Gasteiger partial charge is 0.270 e. The van der Waals surface area contributed by atoms with Crippen molar-refractivity contribution in [2.75, 3.05) is 45.9 Å². The molecular formula is C28H28N6O7S. The Balaban J connectivity index is 1.52. The number of nitro groups is 1. The van der Waals surface area contributed by atoms with E-state index in [2.05, 4.69) is 10.5 Å². The molecule has 0 spiro atoms. The number of methoxy groups -OCH3 is 2. The number of ether oxygens (including phenoxy) is 3. The molecule has 0 atom stereocenters. The lowest BCUT2D eigenvalue weighted by atomic mass is 10.1. The maximum atomic E-state index is 13.4. The Bertz CT molecular complexity index is 1720. The van der Waals surface area contributed by atoms with E-state index in [1.165, 1.54) is 22.7 Å². The Labute approximate surface area is 242 Å². The highest BCUT2D eigenvalue weighted by atomic mass is 32.2. The lowest BCUT2D eigenvalue weighted by molar-refractivity contribution is -0.385. The number of nitrogens with zero attached hydrogens (tertiary/aromatic N) is 5. The lowest BCUT2D eigenvalue weighted by Crippen LogP contribution is -2.40. The highest BCUT2D eigenvalue weighted by molar-refractivity contribution is 7.89. The number of hydrogen-bond acceptors (Lipinski definition) is 10. The van der Waals surface area contributed by atoms with Gasteiger partial charge in [0.25, 0.3) is 5.69 Å². The minimum absolute atomic E-state index is 0.0893. The van der Waals surface area contributed by atoms with Gasteiger partial charge in [-0.15, -0.1) is 0 Å². The summed E-state index contributed by atoms with van der Waals surface area (Å²) in [6, 6.07) is 18.5. The van der Waals surface area contributed by atoms with Crippen LogP contribution in [0.15, 0.2) is 82.9 Å². The van der Waals surface area contributed by atoms with Gasteiger partial charge in [0.15, 0.2) is 11.5 Å². The number of benzene rings is 3. The number of nitro benzene ring substituents is 1. The molecule has 1 N–H and O–H groups in total. The van der Waals surface area contributed by atoms with Crippen LogP contribution in [0.5, 0.6) is 11.5 Å². The minimum atomic E-state index is -4.07. The van der Waals surface area contributed by atoms with Crippen LogP contribution in [-0.4, -0.2) is 74.2 Å². The predicted octanol–water partition coefficient (Wildman–Crippen LogP) is 3.93. The van der Waals surface area contributed by atoms with Gasteiger partial charge in [0.2, 0.25) is 10.0 Å². The zero-order valence-corrected chi connectivity index (χ0v) is 23.7. The first-order chi connectivity index (χ1) is 20.3. The van der Waals surface area contributed by atoms with E-state index < -0.39 is 14.9 Å². The van der Waals surface area contributed by atoms with Gasteiger partial charge in [0, 0.05) is 42.5 Å². The summed E-state index contributed by atoms with van der Waals surface area (Å²) in [6.45, 7) is 0.751. The number of anilines is 1. The molecule has 0 radical (unpaired) electrons.